The standard InChI is InChI=1S/C20H29N5O2/c1-16-3-4-19(27-16)18(24-11-13-26-14-12-24)15-23-17-5-9-25(10-6-17)20-21-7-2-8-22-20/h2-4,7-8,17-18,23H,5-6,9-15H2,1H3/t18-/m1/s1. The number of nitrogens with one attached hydrogen (secondary N) is 1. The Morgan fingerprint density at radius 3 is 2.52 bits per heavy atom. The van der Waals surface area contributed by atoms with E-state index in [1.807, 2.05) is 25.4 Å². The molecule has 0 saturated carbocycles. The Hall–Kier alpha value is -1.96. The van der Waals surface area contributed by atoms with E-state index in [0.29, 0.717) is 6.04 Å². The Morgan fingerprint density at radius 2 is 1.85 bits per heavy atom. The number of hydrogen-bond donors (Lipinski definition) is 1. The summed E-state index contributed by atoms with van der Waals surface area (Å²) in [4.78, 5) is 13.5. The van der Waals surface area contributed by atoms with E-state index in [9.17, 15) is 0 Å². The SMILES string of the molecule is Cc1ccc([C@@H](CNC2CCN(c3ncccn3)CC2)N2CCOCC2)o1. The predicted octanol–water partition coefficient (Wildman–Crippen LogP) is 2.01. The van der Waals surface area contributed by atoms with Crippen molar-refractivity contribution in [3.8, 4) is 0 Å². The Balaban J connectivity index is 1.33. The number of piperidine rings is 1. The van der Waals surface area contributed by atoms with Gasteiger partial charge in [-0.3, -0.25) is 4.90 Å². The zero-order chi connectivity index (χ0) is 18.5. The molecule has 4 heterocycles. The fourth-order valence-electron chi connectivity index (χ4n) is 3.95. The zero-order valence-electron chi connectivity index (χ0n) is 16.0. The van der Waals surface area contributed by atoms with Crippen molar-refractivity contribution in [2.75, 3.05) is 50.8 Å². The summed E-state index contributed by atoms with van der Waals surface area (Å²) in [7, 11) is 0. The maximum atomic E-state index is 5.97. The van der Waals surface area contributed by atoms with Crippen molar-refractivity contribution in [1.82, 2.24) is 20.2 Å². The fraction of sp³-hybridized carbons (Fsp3) is 0.600. The van der Waals surface area contributed by atoms with Gasteiger partial charge in [0.15, 0.2) is 0 Å². The summed E-state index contributed by atoms with van der Waals surface area (Å²) in [5.41, 5.74) is 0. The number of furan rings is 1. The van der Waals surface area contributed by atoms with Crippen LogP contribution >= 0.6 is 0 Å². The Morgan fingerprint density at radius 1 is 1.11 bits per heavy atom. The van der Waals surface area contributed by atoms with E-state index in [0.717, 1.165) is 76.2 Å². The number of aromatic nitrogens is 2. The highest BCUT2D eigenvalue weighted by atomic mass is 16.5. The van der Waals surface area contributed by atoms with Gasteiger partial charge >= 0.3 is 0 Å². The molecule has 2 aliphatic heterocycles. The number of rotatable bonds is 6. The molecule has 0 spiro atoms. The summed E-state index contributed by atoms with van der Waals surface area (Å²) in [6.07, 6.45) is 5.83. The smallest absolute Gasteiger partial charge is 0.225 e. The van der Waals surface area contributed by atoms with Gasteiger partial charge < -0.3 is 19.4 Å². The molecule has 2 saturated heterocycles. The van der Waals surface area contributed by atoms with Gasteiger partial charge in [0.25, 0.3) is 0 Å². The fourth-order valence-corrected chi connectivity index (χ4v) is 3.95. The first kappa shape index (κ1) is 18.4. The van der Waals surface area contributed by atoms with Crippen LogP contribution in [0.4, 0.5) is 5.95 Å². The van der Waals surface area contributed by atoms with Crippen molar-refractivity contribution >= 4 is 5.95 Å². The van der Waals surface area contributed by atoms with Gasteiger partial charge in [-0.1, -0.05) is 0 Å². The Kier molecular flexibility index (Phi) is 6.01. The second kappa shape index (κ2) is 8.82. The Bertz CT molecular complexity index is 693. The molecule has 7 heteroatoms. The molecule has 146 valence electrons. The molecule has 7 nitrogen and oxygen atoms in total. The molecule has 0 unspecified atom stereocenters. The molecule has 0 amide bonds. The van der Waals surface area contributed by atoms with E-state index >= 15 is 0 Å². The average Bonchev–Trinajstić information content (AvgIpc) is 3.16. The first-order valence-corrected chi connectivity index (χ1v) is 9.93. The molecule has 2 aromatic heterocycles. The third-order valence-electron chi connectivity index (χ3n) is 5.51. The van der Waals surface area contributed by atoms with Crippen LogP contribution in [0.3, 0.4) is 0 Å². The van der Waals surface area contributed by atoms with Crippen LogP contribution in [-0.2, 0) is 4.74 Å². The molecule has 2 aromatic rings. The van der Waals surface area contributed by atoms with Crippen LogP contribution in [-0.4, -0.2) is 66.8 Å². The minimum Gasteiger partial charge on any atom is -0.465 e. The van der Waals surface area contributed by atoms with Crippen molar-refractivity contribution in [1.29, 1.82) is 0 Å². The molecule has 4 rings (SSSR count). The lowest BCUT2D eigenvalue weighted by Crippen LogP contribution is -2.47. The van der Waals surface area contributed by atoms with Crippen LogP contribution in [0, 0.1) is 6.92 Å². The van der Waals surface area contributed by atoms with E-state index in [4.69, 9.17) is 9.15 Å². The molecular formula is C20H29N5O2. The first-order valence-electron chi connectivity index (χ1n) is 9.93. The van der Waals surface area contributed by atoms with Crippen LogP contribution in [0.5, 0.6) is 0 Å². The average molecular weight is 371 g/mol. The summed E-state index contributed by atoms with van der Waals surface area (Å²) in [5.74, 6) is 2.87. The van der Waals surface area contributed by atoms with Gasteiger partial charge in [0.1, 0.15) is 11.5 Å². The van der Waals surface area contributed by atoms with Crippen molar-refractivity contribution in [2.45, 2.75) is 31.8 Å². The lowest BCUT2D eigenvalue weighted by Gasteiger charge is -2.36. The second-order valence-electron chi connectivity index (χ2n) is 7.33. The third kappa shape index (κ3) is 4.66. The minimum absolute atomic E-state index is 0.262. The summed E-state index contributed by atoms with van der Waals surface area (Å²) in [5, 5.41) is 3.79. The van der Waals surface area contributed by atoms with Gasteiger partial charge in [0.05, 0.1) is 19.3 Å². The predicted molar refractivity (Wildman–Crippen MR) is 104 cm³/mol. The highest BCUT2D eigenvalue weighted by Gasteiger charge is 2.27. The van der Waals surface area contributed by atoms with Crippen molar-refractivity contribution in [3.05, 3.63) is 42.1 Å². The molecule has 0 radical (unpaired) electrons. The highest BCUT2D eigenvalue weighted by Crippen LogP contribution is 2.24. The monoisotopic (exact) mass is 371 g/mol. The van der Waals surface area contributed by atoms with E-state index in [2.05, 4.69) is 37.2 Å². The van der Waals surface area contributed by atoms with Crippen LogP contribution in [0.2, 0.25) is 0 Å². The maximum Gasteiger partial charge on any atom is 0.225 e. The lowest BCUT2D eigenvalue weighted by atomic mass is 10.0. The van der Waals surface area contributed by atoms with Crippen molar-refractivity contribution < 1.29 is 9.15 Å². The van der Waals surface area contributed by atoms with E-state index in [-0.39, 0.29) is 6.04 Å². The van der Waals surface area contributed by atoms with Gasteiger partial charge in [0, 0.05) is 51.2 Å². The zero-order valence-corrected chi connectivity index (χ0v) is 16.0. The molecule has 0 aromatic carbocycles. The summed E-state index contributed by atoms with van der Waals surface area (Å²) in [6, 6.07) is 6.82. The number of aryl methyl sites for hydroxylation is 1. The highest BCUT2D eigenvalue weighted by molar-refractivity contribution is 5.29. The normalized spacial score (nSPS) is 20.7. The molecule has 2 fully saturated rings. The quantitative estimate of drug-likeness (QED) is 0.833. The molecule has 1 atom stereocenters. The maximum absolute atomic E-state index is 5.97. The Labute approximate surface area is 160 Å². The van der Waals surface area contributed by atoms with Crippen LogP contribution in [0.1, 0.15) is 30.4 Å². The van der Waals surface area contributed by atoms with Gasteiger partial charge in [-0.15, -0.1) is 0 Å². The second-order valence-corrected chi connectivity index (χ2v) is 7.33. The number of morpholine rings is 1. The number of anilines is 1. The molecule has 0 aliphatic carbocycles. The van der Waals surface area contributed by atoms with Gasteiger partial charge in [0.2, 0.25) is 5.95 Å². The number of ether oxygens (including phenoxy) is 1. The van der Waals surface area contributed by atoms with Crippen LogP contribution < -0.4 is 10.2 Å². The van der Waals surface area contributed by atoms with Gasteiger partial charge in [-0.2, -0.15) is 0 Å². The van der Waals surface area contributed by atoms with Crippen LogP contribution in [0.15, 0.2) is 35.0 Å². The summed E-state index contributed by atoms with van der Waals surface area (Å²) >= 11 is 0. The minimum atomic E-state index is 0.262. The van der Waals surface area contributed by atoms with E-state index in [1.54, 1.807) is 0 Å². The summed E-state index contributed by atoms with van der Waals surface area (Å²) < 4.78 is 11.5. The first-order chi connectivity index (χ1) is 13.3. The molecular weight excluding hydrogens is 342 g/mol. The largest absolute Gasteiger partial charge is 0.465 e. The number of hydrogen-bond acceptors (Lipinski definition) is 7. The lowest BCUT2D eigenvalue weighted by molar-refractivity contribution is 0.0108. The van der Waals surface area contributed by atoms with Crippen molar-refractivity contribution in [3.63, 3.8) is 0 Å². The number of nitrogens with zero attached hydrogens (tertiary/aromatic N) is 4. The molecule has 1 N–H and O–H groups in total. The molecule has 0 bridgehead atoms. The van der Waals surface area contributed by atoms with E-state index < -0.39 is 0 Å². The van der Waals surface area contributed by atoms with Gasteiger partial charge in [-0.05, 0) is 38.0 Å². The molecule has 27 heavy (non-hydrogen) atoms. The van der Waals surface area contributed by atoms with Crippen molar-refractivity contribution in [2.24, 2.45) is 0 Å². The van der Waals surface area contributed by atoms with Crippen LogP contribution in [0.25, 0.3) is 0 Å². The third-order valence-corrected chi connectivity index (χ3v) is 5.51. The topological polar surface area (TPSA) is 66.7 Å². The summed E-state index contributed by atoms with van der Waals surface area (Å²) in [6.45, 7) is 8.39. The molecule has 2 aliphatic rings. The van der Waals surface area contributed by atoms with E-state index in [1.165, 1.54) is 0 Å². The van der Waals surface area contributed by atoms with Gasteiger partial charge in [-0.25, -0.2) is 9.97 Å².